The molecule has 0 aliphatic heterocycles. The van der Waals surface area contributed by atoms with Crippen LogP contribution >= 0.6 is 11.6 Å². The Morgan fingerprint density at radius 2 is 1.69 bits per heavy atom. The van der Waals surface area contributed by atoms with Gasteiger partial charge in [0.15, 0.2) is 0 Å². The Bertz CT molecular complexity index is 408. The van der Waals surface area contributed by atoms with Crippen molar-refractivity contribution in [1.82, 2.24) is 0 Å². The standard InChI is InChI=1S/C10H10ClF3O2/c1-9(2,16)5-3-6(10(12,13)14)8(15)7(11)4-5/h3-4,15-16H,1-2H3. The minimum Gasteiger partial charge on any atom is -0.506 e. The van der Waals surface area contributed by atoms with Crippen molar-refractivity contribution in [3.63, 3.8) is 0 Å². The van der Waals surface area contributed by atoms with Gasteiger partial charge in [-0.05, 0) is 31.5 Å². The van der Waals surface area contributed by atoms with Gasteiger partial charge in [-0.3, -0.25) is 0 Å². The van der Waals surface area contributed by atoms with Crippen molar-refractivity contribution >= 4 is 11.6 Å². The summed E-state index contributed by atoms with van der Waals surface area (Å²) in [6, 6.07) is 1.79. The molecule has 6 heteroatoms. The van der Waals surface area contributed by atoms with Crippen LogP contribution in [0.3, 0.4) is 0 Å². The number of rotatable bonds is 1. The average molecular weight is 255 g/mol. The average Bonchev–Trinajstić information content (AvgIpc) is 2.05. The molecule has 0 aliphatic rings. The first-order chi connectivity index (χ1) is 7.03. The summed E-state index contributed by atoms with van der Waals surface area (Å²) >= 11 is 5.47. The van der Waals surface area contributed by atoms with Crippen molar-refractivity contribution in [3.05, 3.63) is 28.3 Å². The highest BCUT2D eigenvalue weighted by Gasteiger charge is 2.36. The maximum Gasteiger partial charge on any atom is 0.420 e. The third kappa shape index (κ3) is 2.59. The first-order valence-electron chi connectivity index (χ1n) is 4.36. The van der Waals surface area contributed by atoms with Crippen LogP contribution in [0.15, 0.2) is 12.1 Å². The summed E-state index contributed by atoms with van der Waals surface area (Å²) in [6.45, 7) is 2.66. The summed E-state index contributed by atoms with van der Waals surface area (Å²) in [5, 5.41) is 18.3. The Kier molecular flexibility index (Phi) is 3.13. The van der Waals surface area contributed by atoms with Gasteiger partial charge >= 0.3 is 6.18 Å². The lowest BCUT2D eigenvalue weighted by atomic mass is 9.96. The van der Waals surface area contributed by atoms with Gasteiger partial charge in [-0.25, -0.2) is 0 Å². The van der Waals surface area contributed by atoms with Crippen molar-refractivity contribution in [3.8, 4) is 5.75 Å². The molecular formula is C10H10ClF3O2. The van der Waals surface area contributed by atoms with Crippen LogP contribution in [0.5, 0.6) is 5.75 Å². The Morgan fingerprint density at radius 3 is 2.06 bits per heavy atom. The number of aliphatic hydroxyl groups is 1. The first kappa shape index (κ1) is 13.1. The molecule has 0 radical (unpaired) electrons. The second kappa shape index (κ2) is 3.82. The zero-order valence-corrected chi connectivity index (χ0v) is 9.32. The highest BCUT2D eigenvalue weighted by atomic mass is 35.5. The maximum atomic E-state index is 12.5. The van der Waals surface area contributed by atoms with Crippen LogP contribution in [-0.2, 0) is 11.8 Å². The molecule has 2 nitrogen and oxygen atoms in total. The Labute approximate surface area is 95.3 Å². The molecule has 0 saturated carbocycles. The molecule has 2 N–H and O–H groups in total. The third-order valence-electron chi connectivity index (χ3n) is 2.08. The number of hydrogen-bond acceptors (Lipinski definition) is 2. The van der Waals surface area contributed by atoms with E-state index >= 15 is 0 Å². The minimum absolute atomic E-state index is 0.0115. The number of halogens is 4. The lowest BCUT2D eigenvalue weighted by Crippen LogP contribution is -2.17. The third-order valence-corrected chi connectivity index (χ3v) is 2.36. The van der Waals surface area contributed by atoms with E-state index in [1.165, 1.54) is 13.8 Å². The van der Waals surface area contributed by atoms with E-state index in [1.807, 2.05) is 0 Å². The van der Waals surface area contributed by atoms with Gasteiger partial charge in [0, 0.05) is 0 Å². The van der Waals surface area contributed by atoms with Crippen molar-refractivity contribution in [2.45, 2.75) is 25.6 Å². The predicted octanol–water partition coefficient (Wildman–Crippen LogP) is 3.29. The molecule has 0 spiro atoms. The summed E-state index contributed by atoms with van der Waals surface area (Å²) in [7, 11) is 0. The molecule has 0 unspecified atom stereocenters. The normalized spacial score (nSPS) is 12.9. The first-order valence-corrected chi connectivity index (χ1v) is 4.74. The summed E-state index contributed by atoms with van der Waals surface area (Å²) in [4.78, 5) is 0. The second-order valence-corrected chi connectivity index (χ2v) is 4.32. The van der Waals surface area contributed by atoms with Gasteiger partial charge in [0.05, 0.1) is 16.2 Å². The molecule has 90 valence electrons. The number of aromatic hydroxyl groups is 1. The highest BCUT2D eigenvalue weighted by molar-refractivity contribution is 6.32. The summed E-state index contributed by atoms with van der Waals surface area (Å²) in [6.07, 6.45) is -4.71. The second-order valence-electron chi connectivity index (χ2n) is 3.91. The number of phenols is 1. The SMILES string of the molecule is CC(C)(O)c1cc(Cl)c(O)c(C(F)(F)F)c1. The van der Waals surface area contributed by atoms with Crippen LogP contribution in [0.4, 0.5) is 13.2 Å². The quantitative estimate of drug-likeness (QED) is 0.807. The smallest absolute Gasteiger partial charge is 0.420 e. The molecule has 0 aliphatic carbocycles. The Morgan fingerprint density at radius 1 is 1.19 bits per heavy atom. The molecule has 16 heavy (non-hydrogen) atoms. The van der Waals surface area contributed by atoms with E-state index in [-0.39, 0.29) is 5.56 Å². The van der Waals surface area contributed by atoms with Gasteiger partial charge < -0.3 is 10.2 Å². The van der Waals surface area contributed by atoms with E-state index < -0.39 is 28.1 Å². The zero-order valence-electron chi connectivity index (χ0n) is 8.56. The van der Waals surface area contributed by atoms with Crippen LogP contribution < -0.4 is 0 Å². The van der Waals surface area contributed by atoms with Crippen molar-refractivity contribution in [2.75, 3.05) is 0 Å². The Balaban J connectivity index is 3.46. The highest BCUT2D eigenvalue weighted by Crippen LogP contribution is 2.41. The summed E-state index contributed by atoms with van der Waals surface area (Å²) < 4.78 is 37.5. The summed E-state index contributed by atoms with van der Waals surface area (Å²) in [5.41, 5.74) is -2.73. The van der Waals surface area contributed by atoms with Gasteiger partial charge in [0.1, 0.15) is 5.75 Å². The number of alkyl halides is 3. The molecule has 0 fully saturated rings. The number of benzene rings is 1. The van der Waals surface area contributed by atoms with Crippen molar-refractivity contribution in [2.24, 2.45) is 0 Å². The van der Waals surface area contributed by atoms with E-state index in [9.17, 15) is 23.4 Å². The van der Waals surface area contributed by atoms with Crippen LogP contribution in [-0.4, -0.2) is 10.2 Å². The maximum absolute atomic E-state index is 12.5. The van der Waals surface area contributed by atoms with Gasteiger partial charge in [0.25, 0.3) is 0 Å². The fourth-order valence-electron chi connectivity index (χ4n) is 1.17. The molecule has 0 aromatic heterocycles. The van der Waals surface area contributed by atoms with Crippen molar-refractivity contribution < 1.29 is 23.4 Å². The molecule has 1 aromatic carbocycles. The number of phenolic OH excluding ortho intramolecular Hbond substituents is 1. The zero-order chi connectivity index (χ0) is 12.7. The van der Waals surface area contributed by atoms with Crippen LogP contribution in [0.2, 0.25) is 5.02 Å². The van der Waals surface area contributed by atoms with Crippen LogP contribution in [0, 0.1) is 0 Å². The predicted molar refractivity (Wildman–Crippen MR) is 53.4 cm³/mol. The van der Waals surface area contributed by atoms with Gasteiger partial charge in [0.2, 0.25) is 0 Å². The van der Waals surface area contributed by atoms with Gasteiger partial charge in [-0.2, -0.15) is 13.2 Å². The largest absolute Gasteiger partial charge is 0.506 e. The van der Waals surface area contributed by atoms with Crippen LogP contribution in [0.1, 0.15) is 25.0 Å². The Hall–Kier alpha value is -0.940. The van der Waals surface area contributed by atoms with E-state index in [0.29, 0.717) is 6.07 Å². The van der Waals surface area contributed by atoms with Crippen LogP contribution in [0.25, 0.3) is 0 Å². The number of hydrogen-bond donors (Lipinski definition) is 2. The fourth-order valence-corrected chi connectivity index (χ4v) is 1.39. The lowest BCUT2D eigenvalue weighted by Gasteiger charge is -2.20. The molecule has 1 aromatic rings. The molecular weight excluding hydrogens is 245 g/mol. The fraction of sp³-hybridized carbons (Fsp3) is 0.400. The topological polar surface area (TPSA) is 40.5 Å². The minimum atomic E-state index is -4.71. The molecule has 0 bridgehead atoms. The summed E-state index contributed by atoms with van der Waals surface area (Å²) in [5.74, 6) is -1.03. The molecule has 1 rings (SSSR count). The molecule has 0 amide bonds. The monoisotopic (exact) mass is 254 g/mol. The van der Waals surface area contributed by atoms with Gasteiger partial charge in [-0.15, -0.1) is 0 Å². The molecule has 0 atom stereocenters. The van der Waals surface area contributed by atoms with Crippen molar-refractivity contribution in [1.29, 1.82) is 0 Å². The van der Waals surface area contributed by atoms with E-state index in [2.05, 4.69) is 0 Å². The van der Waals surface area contributed by atoms with E-state index in [4.69, 9.17) is 11.6 Å². The lowest BCUT2D eigenvalue weighted by molar-refractivity contribution is -0.138. The van der Waals surface area contributed by atoms with E-state index in [0.717, 1.165) is 6.07 Å². The van der Waals surface area contributed by atoms with E-state index in [1.54, 1.807) is 0 Å². The molecule has 0 saturated heterocycles. The van der Waals surface area contributed by atoms with Gasteiger partial charge in [-0.1, -0.05) is 11.6 Å². The molecule has 0 heterocycles.